The molecular weight excluding hydrogens is 340 g/mol. The van der Waals surface area contributed by atoms with E-state index in [2.05, 4.69) is 10.3 Å². The maximum absolute atomic E-state index is 12.9. The number of amides is 1. The van der Waals surface area contributed by atoms with Gasteiger partial charge in [0.2, 0.25) is 5.91 Å². The van der Waals surface area contributed by atoms with Crippen LogP contribution in [0.15, 0.2) is 29.2 Å². The van der Waals surface area contributed by atoms with Crippen LogP contribution in [0.4, 0.5) is 0 Å². The van der Waals surface area contributed by atoms with Gasteiger partial charge in [-0.3, -0.25) is 15.0 Å². The summed E-state index contributed by atoms with van der Waals surface area (Å²) in [7, 11) is -3.86. The van der Waals surface area contributed by atoms with E-state index in [0.717, 1.165) is 5.56 Å². The zero-order chi connectivity index (χ0) is 18.7. The summed E-state index contributed by atoms with van der Waals surface area (Å²) in [4.78, 5) is 27.5. The molecule has 6 nitrogen and oxygen atoms in total. The van der Waals surface area contributed by atoms with E-state index in [-0.39, 0.29) is 17.1 Å². The maximum atomic E-state index is 12.9. The van der Waals surface area contributed by atoms with Crippen molar-refractivity contribution < 1.29 is 18.0 Å². The number of aryl methyl sites for hydroxylation is 1. The fourth-order valence-corrected chi connectivity index (χ4v) is 5.21. The molecule has 1 aromatic carbocycles. The summed E-state index contributed by atoms with van der Waals surface area (Å²) in [5, 5.41) is 0. The van der Waals surface area contributed by atoms with Crippen LogP contribution in [0.1, 0.15) is 45.6 Å². The van der Waals surface area contributed by atoms with E-state index in [4.69, 9.17) is 0 Å². The van der Waals surface area contributed by atoms with Crippen molar-refractivity contribution in [1.82, 2.24) is 10.3 Å². The molecule has 2 aliphatic rings. The second kappa shape index (κ2) is 5.38. The number of hydrogen-bond acceptors (Lipinski definition) is 4. The third-order valence-corrected chi connectivity index (χ3v) is 8.03. The summed E-state index contributed by atoms with van der Waals surface area (Å²) < 4.78 is 24.7. The third kappa shape index (κ3) is 2.36. The lowest BCUT2D eigenvalue weighted by atomic mass is 9.64. The first-order chi connectivity index (χ1) is 11.5. The molecular formula is C18H24N2O4S. The highest BCUT2D eigenvalue weighted by atomic mass is 32.2. The number of hydrazine groups is 1. The van der Waals surface area contributed by atoms with Crippen molar-refractivity contribution in [3.05, 3.63) is 29.8 Å². The molecule has 2 aliphatic carbocycles. The predicted molar refractivity (Wildman–Crippen MR) is 92.8 cm³/mol. The molecule has 1 amide bonds. The smallest absolute Gasteiger partial charge is 0.257 e. The molecule has 2 unspecified atom stereocenters. The minimum Gasteiger partial charge on any atom is -0.299 e. The molecule has 0 saturated heterocycles. The van der Waals surface area contributed by atoms with Crippen molar-refractivity contribution >= 4 is 21.7 Å². The van der Waals surface area contributed by atoms with Gasteiger partial charge in [-0.1, -0.05) is 38.5 Å². The van der Waals surface area contributed by atoms with Crippen LogP contribution in [0.2, 0.25) is 0 Å². The van der Waals surface area contributed by atoms with E-state index < -0.39 is 32.2 Å². The monoisotopic (exact) mass is 364 g/mol. The van der Waals surface area contributed by atoms with Gasteiger partial charge in [-0.05, 0) is 37.3 Å². The quantitative estimate of drug-likeness (QED) is 0.800. The number of ketones is 1. The van der Waals surface area contributed by atoms with E-state index in [9.17, 15) is 18.0 Å². The fraction of sp³-hybridized carbons (Fsp3) is 0.556. The molecule has 1 aromatic rings. The average Bonchev–Trinajstić information content (AvgIpc) is 2.83. The summed E-state index contributed by atoms with van der Waals surface area (Å²) in [5.74, 6) is -0.344. The zero-order valence-corrected chi connectivity index (χ0v) is 15.8. The van der Waals surface area contributed by atoms with Crippen molar-refractivity contribution in [2.75, 3.05) is 0 Å². The second-order valence-corrected chi connectivity index (χ2v) is 9.69. The second-order valence-electron chi connectivity index (χ2n) is 8.01. The molecule has 2 bridgehead atoms. The minimum absolute atomic E-state index is 0.0777. The number of carbonyl (C=O) groups excluding carboxylic acids is 2. The highest BCUT2D eigenvalue weighted by molar-refractivity contribution is 7.89. The van der Waals surface area contributed by atoms with Gasteiger partial charge >= 0.3 is 0 Å². The first-order valence-corrected chi connectivity index (χ1v) is 9.87. The number of nitrogens with one attached hydrogen (secondary N) is 2. The van der Waals surface area contributed by atoms with Crippen LogP contribution >= 0.6 is 0 Å². The molecule has 3 rings (SSSR count). The molecule has 0 radical (unpaired) electrons. The number of benzene rings is 1. The summed E-state index contributed by atoms with van der Waals surface area (Å²) in [6.07, 6.45) is 1.39. The standard InChI is InChI=1S/C18H24N2O4S/c1-12-5-7-13(8-6-12)25(23,24)20-19-15(22)18-10-9-17(4,14(21)11-18)16(18,2)3/h5-8,20H,9-11H2,1-4H3,(H,19,22). The Morgan fingerprint density at radius 2 is 1.68 bits per heavy atom. The molecule has 0 aliphatic heterocycles. The SMILES string of the molecule is Cc1ccc(S(=O)(=O)NNC(=O)C23CCC(C)(C(=O)C2)C3(C)C)cc1. The van der Waals surface area contributed by atoms with E-state index in [1.807, 2.05) is 27.7 Å². The Hall–Kier alpha value is -1.73. The highest BCUT2D eigenvalue weighted by Gasteiger charge is 2.72. The molecule has 7 heteroatoms. The molecule has 25 heavy (non-hydrogen) atoms. The van der Waals surface area contributed by atoms with Crippen molar-refractivity contribution in [3.63, 3.8) is 0 Å². The molecule has 0 spiro atoms. The van der Waals surface area contributed by atoms with Crippen molar-refractivity contribution in [2.24, 2.45) is 16.2 Å². The number of carbonyl (C=O) groups is 2. The summed E-state index contributed by atoms with van der Waals surface area (Å²) in [5.41, 5.74) is 1.39. The van der Waals surface area contributed by atoms with Crippen LogP contribution in [-0.2, 0) is 19.6 Å². The fourth-order valence-electron chi connectivity index (χ4n) is 4.37. The van der Waals surface area contributed by atoms with Crippen LogP contribution in [0.25, 0.3) is 0 Å². The number of Topliss-reactive ketones (excluding diaryl/α,β-unsaturated/α-hetero) is 1. The molecule has 2 saturated carbocycles. The van der Waals surface area contributed by atoms with Crippen LogP contribution in [-0.4, -0.2) is 20.1 Å². The first-order valence-electron chi connectivity index (χ1n) is 8.39. The van der Waals surface area contributed by atoms with Gasteiger partial charge in [-0.15, -0.1) is 4.83 Å². The van der Waals surface area contributed by atoms with Gasteiger partial charge in [0, 0.05) is 11.8 Å². The number of hydrogen-bond donors (Lipinski definition) is 2. The molecule has 2 N–H and O–H groups in total. The topological polar surface area (TPSA) is 92.3 Å². The average molecular weight is 364 g/mol. The van der Waals surface area contributed by atoms with Crippen molar-refractivity contribution in [2.45, 2.75) is 51.9 Å². The first kappa shape index (κ1) is 18.1. The Morgan fingerprint density at radius 1 is 1.08 bits per heavy atom. The van der Waals surface area contributed by atoms with E-state index in [0.29, 0.717) is 12.8 Å². The number of sulfonamides is 1. The highest BCUT2D eigenvalue weighted by Crippen LogP contribution is 2.70. The Labute approximate surface area is 148 Å². The Balaban J connectivity index is 1.80. The predicted octanol–water partition coefficient (Wildman–Crippen LogP) is 2.09. The van der Waals surface area contributed by atoms with Crippen molar-refractivity contribution in [1.29, 1.82) is 0 Å². The van der Waals surface area contributed by atoms with E-state index >= 15 is 0 Å². The Kier molecular flexibility index (Phi) is 3.89. The third-order valence-electron chi connectivity index (χ3n) is 6.77. The molecule has 2 atom stereocenters. The molecule has 2 fully saturated rings. The van der Waals surface area contributed by atoms with Gasteiger partial charge < -0.3 is 0 Å². The van der Waals surface area contributed by atoms with E-state index in [1.54, 1.807) is 12.1 Å². The summed E-state index contributed by atoms with van der Waals surface area (Å²) >= 11 is 0. The summed E-state index contributed by atoms with van der Waals surface area (Å²) in [6, 6.07) is 6.35. The Bertz CT molecular complexity index is 844. The normalized spacial score (nSPS) is 30.5. The van der Waals surface area contributed by atoms with Gasteiger partial charge in [-0.25, -0.2) is 8.42 Å². The largest absolute Gasteiger partial charge is 0.299 e. The minimum atomic E-state index is -3.86. The van der Waals surface area contributed by atoms with Gasteiger partial charge in [0.1, 0.15) is 5.78 Å². The zero-order valence-electron chi connectivity index (χ0n) is 15.0. The number of fused-ring (bicyclic) bond motifs is 2. The van der Waals surface area contributed by atoms with E-state index in [1.165, 1.54) is 12.1 Å². The molecule has 136 valence electrons. The van der Waals surface area contributed by atoms with Gasteiger partial charge in [0.05, 0.1) is 10.3 Å². The van der Waals surface area contributed by atoms with Crippen molar-refractivity contribution in [3.8, 4) is 0 Å². The van der Waals surface area contributed by atoms with Gasteiger partial charge in [-0.2, -0.15) is 0 Å². The summed E-state index contributed by atoms with van der Waals surface area (Å²) in [6.45, 7) is 7.63. The lowest BCUT2D eigenvalue weighted by molar-refractivity contribution is -0.137. The van der Waals surface area contributed by atoms with Gasteiger partial charge in [0.25, 0.3) is 10.0 Å². The van der Waals surface area contributed by atoms with Crippen LogP contribution < -0.4 is 10.3 Å². The van der Waals surface area contributed by atoms with Gasteiger partial charge in [0.15, 0.2) is 0 Å². The lowest BCUT2D eigenvalue weighted by Crippen LogP contribution is -2.52. The Morgan fingerprint density at radius 3 is 2.16 bits per heavy atom. The van der Waals surface area contributed by atoms with Crippen LogP contribution in [0.5, 0.6) is 0 Å². The number of rotatable bonds is 4. The molecule has 0 heterocycles. The lowest BCUT2D eigenvalue weighted by Gasteiger charge is -2.38. The van der Waals surface area contributed by atoms with Crippen LogP contribution in [0, 0.1) is 23.2 Å². The van der Waals surface area contributed by atoms with Crippen LogP contribution in [0.3, 0.4) is 0 Å². The maximum Gasteiger partial charge on any atom is 0.257 e. The molecule has 0 aromatic heterocycles.